The van der Waals surface area contributed by atoms with Crippen LogP contribution < -0.4 is 16.6 Å². The molecule has 33 heavy (non-hydrogen) atoms. The Morgan fingerprint density at radius 3 is 2.27 bits per heavy atom. The summed E-state index contributed by atoms with van der Waals surface area (Å²) in [5, 5.41) is 3.46. The molecule has 1 heterocycles. The summed E-state index contributed by atoms with van der Waals surface area (Å²) in [6.45, 7) is 2.38. The second kappa shape index (κ2) is 8.54. The third kappa shape index (κ3) is 4.37. The van der Waals surface area contributed by atoms with Gasteiger partial charge in [-0.25, -0.2) is 9.36 Å². The molecule has 0 radical (unpaired) electrons. The molecule has 5 rings (SSSR count). The lowest BCUT2D eigenvalue weighted by Gasteiger charge is -2.15. The Bertz CT molecular complexity index is 1440. The molecule has 166 valence electrons. The van der Waals surface area contributed by atoms with Crippen LogP contribution in [0.5, 0.6) is 0 Å². The van der Waals surface area contributed by atoms with Gasteiger partial charge in [0.05, 0.1) is 29.6 Å². The Hall–Kier alpha value is -3.93. The van der Waals surface area contributed by atoms with Crippen molar-refractivity contribution in [1.29, 1.82) is 0 Å². The number of nitrogens with zero attached hydrogens (tertiary/aromatic N) is 2. The third-order valence-corrected chi connectivity index (χ3v) is 6.01. The number of nitrogens with one attached hydrogen (secondary N) is 1. The summed E-state index contributed by atoms with van der Waals surface area (Å²) in [5.41, 5.74) is 3.32. The number of amides is 1. The van der Waals surface area contributed by atoms with E-state index in [1.165, 1.54) is 4.57 Å². The quantitative estimate of drug-likeness (QED) is 0.501. The lowest BCUT2D eigenvalue weighted by atomic mass is 10.1. The number of carbonyl (C=O) groups is 1. The maximum Gasteiger partial charge on any atom is 0.336 e. The summed E-state index contributed by atoms with van der Waals surface area (Å²) >= 11 is 0. The van der Waals surface area contributed by atoms with Crippen LogP contribution in [0.2, 0.25) is 0 Å². The maximum atomic E-state index is 13.5. The van der Waals surface area contributed by atoms with Gasteiger partial charge < -0.3 is 5.32 Å². The van der Waals surface area contributed by atoms with Gasteiger partial charge in [0.15, 0.2) is 0 Å². The van der Waals surface area contributed by atoms with E-state index in [0.717, 1.165) is 29.5 Å². The number of hydrogen-bond acceptors (Lipinski definition) is 3. The Morgan fingerprint density at radius 1 is 0.909 bits per heavy atom. The van der Waals surface area contributed by atoms with E-state index in [-0.39, 0.29) is 17.9 Å². The molecular formula is C27H25N3O3. The van der Waals surface area contributed by atoms with Crippen molar-refractivity contribution in [2.24, 2.45) is 0 Å². The second-order valence-corrected chi connectivity index (χ2v) is 8.70. The van der Waals surface area contributed by atoms with Gasteiger partial charge in [-0.15, -0.1) is 0 Å². The van der Waals surface area contributed by atoms with Crippen molar-refractivity contribution >= 4 is 16.8 Å². The Balaban J connectivity index is 1.55. The van der Waals surface area contributed by atoms with Crippen LogP contribution in [0.4, 0.5) is 0 Å². The van der Waals surface area contributed by atoms with Gasteiger partial charge in [0.25, 0.3) is 5.56 Å². The predicted molar refractivity (Wildman–Crippen MR) is 129 cm³/mol. The van der Waals surface area contributed by atoms with Gasteiger partial charge >= 0.3 is 5.69 Å². The molecule has 3 aromatic carbocycles. The Labute approximate surface area is 191 Å². The van der Waals surface area contributed by atoms with Crippen LogP contribution in [0.25, 0.3) is 16.6 Å². The largest absolute Gasteiger partial charge is 0.353 e. The van der Waals surface area contributed by atoms with Crippen molar-refractivity contribution in [3.05, 3.63) is 110 Å². The summed E-state index contributed by atoms with van der Waals surface area (Å²) in [7, 11) is 0. The van der Waals surface area contributed by atoms with Crippen LogP contribution in [0.15, 0.2) is 82.4 Å². The van der Waals surface area contributed by atoms with E-state index in [4.69, 9.17) is 0 Å². The highest BCUT2D eigenvalue weighted by Crippen LogP contribution is 2.19. The van der Waals surface area contributed by atoms with Crippen LogP contribution >= 0.6 is 0 Å². The summed E-state index contributed by atoms with van der Waals surface area (Å²) in [5.74, 6) is -0.00595. The first kappa shape index (κ1) is 20.9. The first-order valence-corrected chi connectivity index (χ1v) is 11.2. The Kier molecular flexibility index (Phi) is 5.42. The minimum atomic E-state index is -0.390. The highest BCUT2D eigenvalue weighted by Gasteiger charge is 2.23. The topological polar surface area (TPSA) is 73.1 Å². The van der Waals surface area contributed by atoms with Crippen molar-refractivity contribution in [2.75, 3.05) is 0 Å². The molecule has 6 heteroatoms. The molecule has 1 amide bonds. The lowest BCUT2D eigenvalue weighted by molar-refractivity contribution is -0.120. The lowest BCUT2D eigenvalue weighted by Crippen LogP contribution is -2.39. The van der Waals surface area contributed by atoms with E-state index in [1.807, 2.05) is 37.3 Å². The van der Waals surface area contributed by atoms with Gasteiger partial charge in [-0.3, -0.25) is 14.2 Å². The number of fused-ring (bicyclic) bond motifs is 1. The number of aryl methyl sites for hydroxylation is 1. The van der Waals surface area contributed by atoms with Gasteiger partial charge in [0.2, 0.25) is 5.91 Å². The van der Waals surface area contributed by atoms with Crippen molar-refractivity contribution in [3.8, 4) is 5.69 Å². The number of carbonyl (C=O) groups excluding carboxylic acids is 1. The summed E-state index contributed by atoms with van der Waals surface area (Å²) < 4.78 is 2.85. The van der Waals surface area contributed by atoms with E-state index in [1.54, 1.807) is 47.0 Å². The van der Waals surface area contributed by atoms with Gasteiger partial charge in [-0.2, -0.15) is 0 Å². The molecule has 1 aliphatic carbocycles. The monoisotopic (exact) mass is 439 g/mol. The Morgan fingerprint density at radius 2 is 1.58 bits per heavy atom. The molecule has 0 saturated heterocycles. The van der Waals surface area contributed by atoms with Crippen LogP contribution in [0.1, 0.15) is 29.5 Å². The number of para-hydroxylation sites is 1. The zero-order valence-electron chi connectivity index (χ0n) is 18.5. The van der Waals surface area contributed by atoms with Crippen molar-refractivity contribution < 1.29 is 4.79 Å². The van der Waals surface area contributed by atoms with Gasteiger partial charge in [0.1, 0.15) is 0 Å². The molecular weight excluding hydrogens is 414 g/mol. The standard InChI is InChI=1S/C27H25N3O3/c1-18-6-8-20(9-7-18)17-29-24-5-3-2-4-23(24)26(32)30(27(29)33)22-14-10-19(11-15-22)16-25(31)28-21-12-13-21/h2-11,14-15,21H,12-13,16-17H2,1H3,(H,28,31). The van der Waals surface area contributed by atoms with Crippen LogP contribution in [-0.2, 0) is 17.8 Å². The van der Waals surface area contributed by atoms with E-state index in [2.05, 4.69) is 5.32 Å². The first-order chi connectivity index (χ1) is 16.0. The third-order valence-electron chi connectivity index (χ3n) is 6.01. The first-order valence-electron chi connectivity index (χ1n) is 11.2. The summed E-state index contributed by atoms with van der Waals surface area (Å²) in [6.07, 6.45) is 2.37. The zero-order chi connectivity index (χ0) is 22.9. The van der Waals surface area contributed by atoms with Crippen LogP contribution in [0, 0.1) is 6.92 Å². The van der Waals surface area contributed by atoms with Crippen molar-refractivity contribution in [2.45, 2.75) is 38.8 Å². The fourth-order valence-electron chi connectivity index (χ4n) is 4.03. The fraction of sp³-hybridized carbons (Fsp3) is 0.222. The van der Waals surface area contributed by atoms with Crippen molar-refractivity contribution in [1.82, 2.24) is 14.5 Å². The molecule has 6 nitrogen and oxygen atoms in total. The van der Waals surface area contributed by atoms with E-state index in [0.29, 0.717) is 29.2 Å². The molecule has 0 aliphatic heterocycles. The zero-order valence-corrected chi connectivity index (χ0v) is 18.5. The SMILES string of the molecule is Cc1ccc(Cn2c(=O)n(-c3ccc(CC(=O)NC4CC4)cc3)c(=O)c3ccccc32)cc1. The molecule has 1 aliphatic rings. The van der Waals surface area contributed by atoms with Gasteiger partial charge in [0, 0.05) is 6.04 Å². The maximum absolute atomic E-state index is 13.5. The van der Waals surface area contributed by atoms with E-state index in [9.17, 15) is 14.4 Å². The van der Waals surface area contributed by atoms with Crippen molar-refractivity contribution in [3.63, 3.8) is 0 Å². The number of rotatable bonds is 6. The molecule has 4 aromatic rings. The fourth-order valence-corrected chi connectivity index (χ4v) is 4.03. The molecule has 0 bridgehead atoms. The van der Waals surface area contributed by atoms with Gasteiger partial charge in [-0.1, -0.05) is 54.1 Å². The minimum Gasteiger partial charge on any atom is -0.353 e. The van der Waals surface area contributed by atoms with Crippen LogP contribution in [0.3, 0.4) is 0 Å². The molecule has 0 spiro atoms. The normalized spacial score (nSPS) is 13.2. The smallest absolute Gasteiger partial charge is 0.336 e. The average molecular weight is 440 g/mol. The summed E-state index contributed by atoms with van der Waals surface area (Å²) in [6, 6.07) is 22.6. The van der Waals surface area contributed by atoms with E-state index >= 15 is 0 Å². The molecule has 1 saturated carbocycles. The number of aromatic nitrogens is 2. The molecule has 1 aromatic heterocycles. The van der Waals surface area contributed by atoms with E-state index < -0.39 is 5.69 Å². The number of hydrogen-bond donors (Lipinski definition) is 1. The highest BCUT2D eigenvalue weighted by atomic mass is 16.2. The second-order valence-electron chi connectivity index (χ2n) is 8.70. The molecule has 0 atom stereocenters. The minimum absolute atomic E-state index is 0.00595. The average Bonchev–Trinajstić information content (AvgIpc) is 3.63. The number of benzene rings is 3. The molecule has 0 unspecified atom stereocenters. The highest BCUT2D eigenvalue weighted by molar-refractivity contribution is 5.79. The van der Waals surface area contributed by atoms with Crippen LogP contribution in [-0.4, -0.2) is 21.1 Å². The summed E-state index contributed by atoms with van der Waals surface area (Å²) in [4.78, 5) is 38.9. The molecule has 1 N–H and O–H groups in total. The molecule has 1 fully saturated rings. The van der Waals surface area contributed by atoms with Gasteiger partial charge in [-0.05, 0) is 55.2 Å². The predicted octanol–water partition coefficient (Wildman–Crippen LogP) is 3.33.